The van der Waals surface area contributed by atoms with E-state index in [2.05, 4.69) is 20.5 Å². The molecule has 9 heteroatoms. The number of benzene rings is 2. The average Bonchev–Trinajstić information content (AvgIpc) is 3.23. The van der Waals surface area contributed by atoms with Crippen LogP contribution in [0, 0.1) is 5.82 Å². The van der Waals surface area contributed by atoms with Crippen LogP contribution in [0.5, 0.6) is 0 Å². The van der Waals surface area contributed by atoms with Crippen LogP contribution in [0.25, 0.3) is 10.8 Å². The van der Waals surface area contributed by atoms with E-state index in [0.29, 0.717) is 30.6 Å². The Labute approximate surface area is 176 Å². The highest BCUT2D eigenvalue weighted by Gasteiger charge is 2.30. The van der Waals surface area contributed by atoms with Gasteiger partial charge in [0.1, 0.15) is 5.82 Å². The number of amides is 1. The van der Waals surface area contributed by atoms with E-state index in [1.807, 2.05) is 19.1 Å². The molecule has 156 valence electrons. The smallest absolute Gasteiger partial charge is 0.272 e. The van der Waals surface area contributed by atoms with Crippen LogP contribution in [-0.4, -0.2) is 42.0 Å². The molecule has 3 heterocycles. The Kier molecular flexibility index (Phi) is 4.58. The van der Waals surface area contributed by atoms with Crippen molar-refractivity contribution in [2.45, 2.75) is 32.5 Å². The first kappa shape index (κ1) is 19.1. The Hall–Kier alpha value is -3.88. The van der Waals surface area contributed by atoms with Gasteiger partial charge in [-0.25, -0.2) is 14.2 Å². The lowest BCUT2D eigenvalue weighted by atomic mass is 10.0. The summed E-state index contributed by atoms with van der Waals surface area (Å²) in [6.45, 7) is 2.74. The Morgan fingerprint density at radius 1 is 1.23 bits per heavy atom. The summed E-state index contributed by atoms with van der Waals surface area (Å²) in [5, 5.41) is 15.8. The summed E-state index contributed by atoms with van der Waals surface area (Å²) >= 11 is 0. The maximum absolute atomic E-state index is 14.6. The van der Waals surface area contributed by atoms with Gasteiger partial charge < -0.3 is 4.90 Å². The predicted molar refractivity (Wildman–Crippen MR) is 111 cm³/mol. The van der Waals surface area contributed by atoms with E-state index in [9.17, 15) is 14.0 Å². The summed E-state index contributed by atoms with van der Waals surface area (Å²) in [5.41, 5.74) is 1.94. The molecule has 1 N–H and O–H groups in total. The van der Waals surface area contributed by atoms with E-state index in [4.69, 9.17) is 0 Å². The third-order valence-electron chi connectivity index (χ3n) is 5.67. The zero-order chi connectivity index (χ0) is 21.5. The van der Waals surface area contributed by atoms with Crippen LogP contribution in [0.2, 0.25) is 0 Å². The van der Waals surface area contributed by atoms with Gasteiger partial charge >= 0.3 is 0 Å². The van der Waals surface area contributed by atoms with Crippen LogP contribution in [-0.2, 0) is 19.5 Å². The van der Waals surface area contributed by atoms with Crippen LogP contribution < -0.4 is 5.56 Å². The molecular formula is C22H19FN6O2. The molecule has 2 aromatic heterocycles. The number of H-pyrrole nitrogens is 1. The molecule has 1 unspecified atom stereocenters. The molecular weight excluding hydrogens is 399 g/mol. The first-order valence-electron chi connectivity index (χ1n) is 9.94. The monoisotopic (exact) mass is 418 g/mol. The van der Waals surface area contributed by atoms with E-state index >= 15 is 0 Å². The predicted octanol–water partition coefficient (Wildman–Crippen LogP) is 2.29. The fraction of sp³-hybridized carbons (Fsp3) is 0.227. The van der Waals surface area contributed by atoms with Gasteiger partial charge in [0.25, 0.3) is 11.5 Å². The number of rotatable bonds is 3. The van der Waals surface area contributed by atoms with Crippen molar-refractivity contribution >= 4 is 16.7 Å². The first-order chi connectivity index (χ1) is 15.0. The van der Waals surface area contributed by atoms with Gasteiger partial charge in [0, 0.05) is 17.8 Å². The normalized spacial score (nSPS) is 15.8. The van der Waals surface area contributed by atoms with Crippen molar-refractivity contribution < 1.29 is 9.18 Å². The van der Waals surface area contributed by atoms with Gasteiger partial charge in [0.2, 0.25) is 0 Å². The summed E-state index contributed by atoms with van der Waals surface area (Å²) < 4.78 is 16.4. The summed E-state index contributed by atoms with van der Waals surface area (Å²) in [7, 11) is 0. The number of aromatic nitrogens is 5. The standard InChI is InChI=1S/C22H19FN6O2/c1-13-11-29-15(10-24-27-29)12-28(13)22(31)18-8-14(6-7-19(18)23)9-20-16-4-2-3-5-17(16)21(30)26-25-20/h2-8,10,13H,9,11-12H2,1H3,(H,26,30). The fourth-order valence-corrected chi connectivity index (χ4v) is 4.01. The molecule has 4 aromatic rings. The quantitative estimate of drug-likeness (QED) is 0.551. The first-order valence-corrected chi connectivity index (χ1v) is 9.94. The van der Waals surface area contributed by atoms with Crippen LogP contribution in [0.15, 0.2) is 53.5 Å². The van der Waals surface area contributed by atoms with Crippen molar-refractivity contribution in [1.29, 1.82) is 0 Å². The van der Waals surface area contributed by atoms with Gasteiger partial charge in [-0.15, -0.1) is 5.10 Å². The van der Waals surface area contributed by atoms with Crippen molar-refractivity contribution in [3.63, 3.8) is 0 Å². The van der Waals surface area contributed by atoms with E-state index in [1.54, 1.807) is 40.0 Å². The van der Waals surface area contributed by atoms with E-state index in [0.717, 1.165) is 16.6 Å². The number of hydrogen-bond donors (Lipinski definition) is 1. The zero-order valence-electron chi connectivity index (χ0n) is 16.7. The average molecular weight is 418 g/mol. The van der Waals surface area contributed by atoms with Gasteiger partial charge in [-0.05, 0) is 30.7 Å². The minimum Gasteiger partial charge on any atom is -0.328 e. The van der Waals surface area contributed by atoms with E-state index in [-0.39, 0.29) is 23.1 Å². The van der Waals surface area contributed by atoms with Crippen LogP contribution in [0.4, 0.5) is 4.39 Å². The molecule has 1 aliphatic rings. The number of nitrogens with one attached hydrogen (secondary N) is 1. The second kappa shape index (κ2) is 7.42. The maximum atomic E-state index is 14.6. The molecule has 0 fully saturated rings. The Balaban J connectivity index is 1.47. The minimum atomic E-state index is -0.572. The third-order valence-corrected chi connectivity index (χ3v) is 5.67. The van der Waals surface area contributed by atoms with Crippen molar-refractivity contribution in [2.75, 3.05) is 0 Å². The van der Waals surface area contributed by atoms with Gasteiger partial charge in [0.05, 0.1) is 41.6 Å². The highest BCUT2D eigenvalue weighted by molar-refractivity contribution is 5.95. The number of fused-ring (bicyclic) bond motifs is 2. The third kappa shape index (κ3) is 3.37. The van der Waals surface area contributed by atoms with Crippen molar-refractivity contribution in [3.05, 3.63) is 87.3 Å². The summed E-state index contributed by atoms with van der Waals surface area (Å²) in [4.78, 5) is 26.8. The van der Waals surface area contributed by atoms with Crippen LogP contribution in [0.3, 0.4) is 0 Å². The largest absolute Gasteiger partial charge is 0.328 e. The minimum absolute atomic E-state index is 0.0130. The Bertz CT molecular complexity index is 1360. The molecule has 1 amide bonds. The molecule has 0 aliphatic carbocycles. The highest BCUT2D eigenvalue weighted by atomic mass is 19.1. The lowest BCUT2D eigenvalue weighted by Gasteiger charge is -2.33. The number of halogens is 1. The van der Waals surface area contributed by atoms with Crippen LogP contribution >= 0.6 is 0 Å². The van der Waals surface area contributed by atoms with Crippen LogP contribution in [0.1, 0.15) is 34.2 Å². The highest BCUT2D eigenvalue weighted by Crippen LogP contribution is 2.23. The van der Waals surface area contributed by atoms with Crippen molar-refractivity contribution in [2.24, 2.45) is 0 Å². The molecule has 0 bridgehead atoms. The van der Waals surface area contributed by atoms with E-state index in [1.165, 1.54) is 6.07 Å². The van der Waals surface area contributed by atoms with Gasteiger partial charge in [0.15, 0.2) is 0 Å². The number of carbonyl (C=O) groups excluding carboxylic acids is 1. The van der Waals surface area contributed by atoms with Gasteiger partial charge in [-0.1, -0.05) is 29.5 Å². The molecule has 1 aliphatic heterocycles. The molecule has 5 rings (SSSR count). The van der Waals surface area contributed by atoms with Crippen molar-refractivity contribution in [3.8, 4) is 0 Å². The molecule has 1 atom stereocenters. The number of nitrogens with zero attached hydrogens (tertiary/aromatic N) is 5. The molecule has 0 spiro atoms. The van der Waals surface area contributed by atoms with E-state index < -0.39 is 5.82 Å². The molecule has 0 radical (unpaired) electrons. The molecule has 8 nitrogen and oxygen atoms in total. The van der Waals surface area contributed by atoms with Gasteiger partial charge in [-0.3, -0.25) is 9.59 Å². The van der Waals surface area contributed by atoms with Gasteiger partial charge in [-0.2, -0.15) is 5.10 Å². The Morgan fingerprint density at radius 3 is 2.87 bits per heavy atom. The summed E-state index contributed by atoms with van der Waals surface area (Å²) in [5.74, 6) is -0.948. The fourth-order valence-electron chi connectivity index (χ4n) is 4.01. The SMILES string of the molecule is CC1Cn2nncc2CN1C(=O)c1cc(Cc2n[nH]c(=O)c3ccccc23)ccc1F. The lowest BCUT2D eigenvalue weighted by Crippen LogP contribution is -2.45. The number of hydrogen-bond acceptors (Lipinski definition) is 5. The summed E-state index contributed by atoms with van der Waals surface area (Å²) in [6.07, 6.45) is 1.97. The second-order valence-electron chi connectivity index (χ2n) is 7.73. The number of carbonyl (C=O) groups is 1. The number of aromatic amines is 1. The molecule has 0 saturated carbocycles. The lowest BCUT2D eigenvalue weighted by molar-refractivity contribution is 0.0601. The Morgan fingerprint density at radius 2 is 2.03 bits per heavy atom. The summed E-state index contributed by atoms with van der Waals surface area (Å²) in [6, 6.07) is 11.5. The molecule has 2 aromatic carbocycles. The topological polar surface area (TPSA) is 96.8 Å². The molecule has 0 saturated heterocycles. The molecule has 31 heavy (non-hydrogen) atoms. The van der Waals surface area contributed by atoms with Crippen molar-refractivity contribution in [1.82, 2.24) is 30.1 Å². The second-order valence-corrected chi connectivity index (χ2v) is 7.73. The maximum Gasteiger partial charge on any atom is 0.272 e. The zero-order valence-corrected chi connectivity index (χ0v) is 16.7.